The van der Waals surface area contributed by atoms with Crippen LogP contribution in [0.5, 0.6) is 0 Å². The Morgan fingerprint density at radius 3 is 2.85 bits per heavy atom. The number of carbonyl (C=O) groups excluding carboxylic acids is 2. The van der Waals surface area contributed by atoms with Gasteiger partial charge in [0.2, 0.25) is 5.78 Å². The number of anilines is 2. The number of nitrogens with two attached hydrogens (primary N) is 1. The minimum absolute atomic E-state index is 0.0872. The Labute approximate surface area is 159 Å². The monoisotopic (exact) mass is 390 g/mol. The zero-order valence-electron chi connectivity index (χ0n) is 14.3. The third-order valence-corrected chi connectivity index (χ3v) is 5.34. The zero-order chi connectivity index (χ0) is 19.1. The lowest BCUT2D eigenvalue weighted by Gasteiger charge is -2.16. The number of nitriles is 1. The average Bonchev–Trinajstić information content (AvgIpc) is 2.99. The standard InChI is InChI=1S/C17H18N4O3S2/c1-24-17(23)12(6-8-25-2)21-16-10(9-18)13(19)15(26-16)14(22)11-5-3-4-7-20-11/h3-5,7,12,21H,6,8,19H2,1-2H3. The fraction of sp³-hybridized carbons (Fsp3) is 0.294. The Kier molecular flexibility index (Phi) is 7.00. The van der Waals surface area contributed by atoms with Crippen molar-refractivity contribution in [1.82, 2.24) is 4.98 Å². The van der Waals surface area contributed by atoms with E-state index in [1.165, 1.54) is 13.3 Å². The van der Waals surface area contributed by atoms with E-state index in [4.69, 9.17) is 10.5 Å². The summed E-state index contributed by atoms with van der Waals surface area (Å²) >= 11 is 2.63. The number of nitrogens with zero attached hydrogens (tertiary/aromatic N) is 2. The van der Waals surface area contributed by atoms with Crippen LogP contribution in [0.2, 0.25) is 0 Å². The van der Waals surface area contributed by atoms with E-state index in [1.54, 1.807) is 30.0 Å². The van der Waals surface area contributed by atoms with E-state index in [9.17, 15) is 14.9 Å². The topological polar surface area (TPSA) is 118 Å². The lowest BCUT2D eigenvalue weighted by molar-refractivity contribution is -0.141. The van der Waals surface area contributed by atoms with Gasteiger partial charge in [0.25, 0.3) is 0 Å². The minimum Gasteiger partial charge on any atom is -0.467 e. The number of rotatable bonds is 8. The van der Waals surface area contributed by atoms with Gasteiger partial charge in [-0.15, -0.1) is 11.3 Å². The van der Waals surface area contributed by atoms with Crippen LogP contribution in [-0.2, 0) is 9.53 Å². The SMILES string of the molecule is COC(=O)C(CCSC)Nc1sc(C(=O)c2ccccn2)c(N)c1C#N. The van der Waals surface area contributed by atoms with Gasteiger partial charge in [-0.05, 0) is 30.6 Å². The summed E-state index contributed by atoms with van der Waals surface area (Å²) < 4.78 is 4.81. The molecule has 0 aliphatic heterocycles. The normalized spacial score (nSPS) is 11.4. The fourth-order valence-corrected chi connectivity index (χ4v) is 3.77. The number of thiophene rings is 1. The van der Waals surface area contributed by atoms with Crippen LogP contribution in [0.25, 0.3) is 0 Å². The fourth-order valence-electron chi connectivity index (χ4n) is 2.22. The lowest BCUT2D eigenvalue weighted by atomic mass is 10.1. The molecule has 7 nitrogen and oxygen atoms in total. The molecule has 9 heteroatoms. The Morgan fingerprint density at radius 1 is 1.50 bits per heavy atom. The van der Waals surface area contributed by atoms with Crippen LogP contribution in [-0.4, -0.2) is 41.9 Å². The molecule has 0 radical (unpaired) electrons. The van der Waals surface area contributed by atoms with Crippen LogP contribution in [0.15, 0.2) is 24.4 Å². The van der Waals surface area contributed by atoms with Crippen molar-refractivity contribution in [3.8, 4) is 6.07 Å². The first-order valence-corrected chi connectivity index (χ1v) is 9.85. The number of nitrogens with one attached hydrogen (secondary N) is 1. The van der Waals surface area contributed by atoms with Gasteiger partial charge in [0.15, 0.2) is 0 Å². The first kappa shape index (κ1) is 19.8. The number of thioether (sulfide) groups is 1. The van der Waals surface area contributed by atoms with E-state index < -0.39 is 12.0 Å². The van der Waals surface area contributed by atoms with Crippen LogP contribution in [0.1, 0.15) is 27.3 Å². The molecule has 136 valence electrons. The molecule has 0 saturated carbocycles. The number of methoxy groups -OCH3 is 1. The predicted octanol–water partition coefficient (Wildman–Crippen LogP) is 2.53. The summed E-state index contributed by atoms with van der Waals surface area (Å²) in [4.78, 5) is 28.9. The average molecular weight is 390 g/mol. The second-order valence-electron chi connectivity index (χ2n) is 5.21. The molecular formula is C17H18N4O3S2. The number of esters is 1. The van der Waals surface area contributed by atoms with Gasteiger partial charge in [0.1, 0.15) is 33.2 Å². The first-order valence-electron chi connectivity index (χ1n) is 7.64. The predicted molar refractivity (Wildman–Crippen MR) is 104 cm³/mol. The van der Waals surface area contributed by atoms with Crippen molar-refractivity contribution in [2.24, 2.45) is 0 Å². The van der Waals surface area contributed by atoms with Gasteiger partial charge in [-0.2, -0.15) is 17.0 Å². The highest BCUT2D eigenvalue weighted by atomic mass is 32.2. The molecule has 26 heavy (non-hydrogen) atoms. The second kappa shape index (κ2) is 9.22. The highest BCUT2D eigenvalue weighted by Gasteiger charge is 2.26. The van der Waals surface area contributed by atoms with E-state index in [0.29, 0.717) is 11.4 Å². The van der Waals surface area contributed by atoms with Gasteiger partial charge in [-0.1, -0.05) is 6.07 Å². The first-order chi connectivity index (χ1) is 12.5. The highest BCUT2D eigenvalue weighted by Crippen LogP contribution is 2.37. The molecule has 2 rings (SSSR count). The van der Waals surface area contributed by atoms with Gasteiger partial charge < -0.3 is 15.8 Å². The lowest BCUT2D eigenvalue weighted by Crippen LogP contribution is -2.31. The van der Waals surface area contributed by atoms with Gasteiger partial charge in [-0.3, -0.25) is 9.78 Å². The minimum atomic E-state index is -0.629. The molecule has 0 bridgehead atoms. The maximum Gasteiger partial charge on any atom is 0.328 e. The number of nitrogen functional groups attached to an aromatic ring is 1. The van der Waals surface area contributed by atoms with Gasteiger partial charge in [-0.25, -0.2) is 4.79 Å². The molecule has 2 heterocycles. The zero-order valence-corrected chi connectivity index (χ0v) is 15.9. The largest absolute Gasteiger partial charge is 0.467 e. The van der Waals surface area contributed by atoms with E-state index >= 15 is 0 Å². The Bertz CT molecular complexity index is 831. The van der Waals surface area contributed by atoms with Crippen molar-refractivity contribution < 1.29 is 14.3 Å². The summed E-state index contributed by atoms with van der Waals surface area (Å²) in [5.41, 5.74) is 6.49. The number of aromatic nitrogens is 1. The smallest absolute Gasteiger partial charge is 0.328 e. The van der Waals surface area contributed by atoms with Gasteiger partial charge in [0, 0.05) is 6.20 Å². The third-order valence-electron chi connectivity index (χ3n) is 3.56. The van der Waals surface area contributed by atoms with Crippen LogP contribution in [0.3, 0.4) is 0 Å². The van der Waals surface area contributed by atoms with Crippen LogP contribution >= 0.6 is 23.1 Å². The van der Waals surface area contributed by atoms with Crippen molar-refractivity contribution in [1.29, 1.82) is 5.26 Å². The Balaban J connectivity index is 2.36. The van der Waals surface area contributed by atoms with Crippen LogP contribution < -0.4 is 11.1 Å². The third kappa shape index (κ3) is 4.33. The molecule has 3 N–H and O–H groups in total. The summed E-state index contributed by atoms with van der Waals surface area (Å²) in [6.07, 6.45) is 3.96. The van der Waals surface area contributed by atoms with Crippen molar-refractivity contribution in [2.45, 2.75) is 12.5 Å². The molecule has 0 amide bonds. The quantitative estimate of drug-likeness (QED) is 0.521. The van der Waals surface area contributed by atoms with Crippen LogP contribution in [0.4, 0.5) is 10.7 Å². The van der Waals surface area contributed by atoms with Gasteiger partial charge in [0.05, 0.1) is 12.8 Å². The van der Waals surface area contributed by atoms with Crippen molar-refractivity contribution in [3.05, 3.63) is 40.5 Å². The summed E-state index contributed by atoms with van der Waals surface area (Å²) in [5.74, 6) is -0.0706. The van der Waals surface area contributed by atoms with E-state index in [-0.39, 0.29) is 27.6 Å². The maximum atomic E-state index is 12.6. The molecule has 0 fully saturated rings. The molecule has 0 saturated heterocycles. The number of hydrogen-bond acceptors (Lipinski definition) is 9. The molecular weight excluding hydrogens is 372 g/mol. The molecule has 1 atom stereocenters. The molecule has 0 aliphatic carbocycles. The van der Waals surface area contributed by atoms with E-state index in [1.807, 2.05) is 12.3 Å². The van der Waals surface area contributed by atoms with Crippen molar-refractivity contribution in [2.75, 3.05) is 30.2 Å². The Morgan fingerprint density at radius 2 is 2.27 bits per heavy atom. The molecule has 0 aromatic carbocycles. The second-order valence-corrected chi connectivity index (χ2v) is 7.21. The van der Waals surface area contributed by atoms with E-state index in [2.05, 4.69) is 10.3 Å². The van der Waals surface area contributed by atoms with E-state index in [0.717, 1.165) is 17.1 Å². The van der Waals surface area contributed by atoms with Crippen molar-refractivity contribution >= 4 is 45.5 Å². The van der Waals surface area contributed by atoms with Crippen LogP contribution in [0, 0.1) is 11.3 Å². The summed E-state index contributed by atoms with van der Waals surface area (Å²) in [5, 5.41) is 12.8. The number of hydrogen-bond donors (Lipinski definition) is 2. The summed E-state index contributed by atoms with van der Waals surface area (Å²) in [6, 6.07) is 6.35. The molecule has 0 aliphatic rings. The highest BCUT2D eigenvalue weighted by molar-refractivity contribution is 7.98. The number of ketones is 1. The molecule has 0 spiro atoms. The maximum absolute atomic E-state index is 12.6. The number of pyridine rings is 1. The summed E-state index contributed by atoms with van der Waals surface area (Å²) in [6.45, 7) is 0. The van der Waals surface area contributed by atoms with Gasteiger partial charge >= 0.3 is 5.97 Å². The summed E-state index contributed by atoms with van der Waals surface area (Å²) in [7, 11) is 1.31. The Hall–Kier alpha value is -2.57. The molecule has 1 unspecified atom stereocenters. The van der Waals surface area contributed by atoms with Crippen molar-refractivity contribution in [3.63, 3.8) is 0 Å². The number of ether oxygens (including phenoxy) is 1. The molecule has 2 aromatic rings. The molecule has 2 aromatic heterocycles. The number of carbonyl (C=O) groups is 2.